The molecule has 6 heavy (non-hydrogen) atoms. The van der Waals surface area contributed by atoms with E-state index in [-0.39, 0.29) is 6.85 Å². The van der Waals surface area contributed by atoms with Crippen molar-refractivity contribution in [3.05, 3.63) is 0 Å². The third-order valence-electron chi connectivity index (χ3n) is 0.833. The van der Waals surface area contributed by atoms with Gasteiger partial charge >= 0.3 is 0 Å². The molecule has 0 aromatic rings. The molecule has 0 radical (unpaired) electrons. The van der Waals surface area contributed by atoms with Gasteiger partial charge in [0.15, 0.2) is 0 Å². The van der Waals surface area contributed by atoms with Crippen LogP contribution in [0.4, 0.5) is 0 Å². The minimum atomic E-state index is 0.241. The molecule has 0 unspecified atom stereocenters. The average molecular weight is 86.9 g/mol. The van der Waals surface area contributed by atoms with Crippen LogP contribution in [-0.2, 0) is 0 Å². The van der Waals surface area contributed by atoms with Gasteiger partial charge in [-0.2, -0.15) is 0 Å². The SMILES string of the molecule is CCB(C)NO. The van der Waals surface area contributed by atoms with E-state index in [4.69, 9.17) is 5.21 Å². The number of hydrogen-bond donors (Lipinski definition) is 2. The lowest BCUT2D eigenvalue weighted by atomic mass is 9.64. The minimum Gasteiger partial charge on any atom is -0.328 e. The summed E-state index contributed by atoms with van der Waals surface area (Å²) < 4.78 is 0. The Labute approximate surface area is 38.6 Å². The summed E-state index contributed by atoms with van der Waals surface area (Å²) in [6, 6.07) is 0. The highest BCUT2D eigenvalue weighted by Crippen LogP contribution is 1.79. The molecule has 2 N–H and O–H groups in total. The van der Waals surface area contributed by atoms with Crippen molar-refractivity contribution < 1.29 is 5.21 Å². The molecule has 0 aliphatic heterocycles. The first-order chi connectivity index (χ1) is 2.81. The van der Waals surface area contributed by atoms with Crippen LogP contribution in [0.3, 0.4) is 0 Å². The summed E-state index contributed by atoms with van der Waals surface area (Å²) in [5.74, 6) is 0. The molecule has 0 aliphatic carbocycles. The average Bonchev–Trinajstić information content (AvgIpc) is 1.65. The first kappa shape index (κ1) is 5.98. The van der Waals surface area contributed by atoms with Gasteiger partial charge in [-0.1, -0.05) is 20.1 Å². The van der Waals surface area contributed by atoms with E-state index in [0.717, 1.165) is 6.32 Å². The van der Waals surface area contributed by atoms with Gasteiger partial charge in [-0.05, 0) is 0 Å². The molecule has 0 aromatic heterocycles. The number of nitrogens with one attached hydrogen (secondary N) is 1. The lowest BCUT2D eigenvalue weighted by Gasteiger charge is -1.95. The van der Waals surface area contributed by atoms with E-state index in [1.165, 1.54) is 0 Å². The molecule has 0 amide bonds. The number of rotatable bonds is 2. The van der Waals surface area contributed by atoms with Gasteiger partial charge in [0.05, 0.1) is 0 Å². The smallest absolute Gasteiger partial charge is 0.248 e. The monoisotopic (exact) mass is 87.1 g/mol. The Morgan fingerprint density at radius 2 is 2.33 bits per heavy atom. The highest BCUT2D eigenvalue weighted by atomic mass is 16.4. The van der Waals surface area contributed by atoms with Crippen LogP contribution >= 0.6 is 0 Å². The fraction of sp³-hybridized carbons (Fsp3) is 1.00. The lowest BCUT2D eigenvalue weighted by Crippen LogP contribution is -2.25. The molecule has 0 rings (SSSR count). The third kappa shape index (κ3) is 2.24. The standard InChI is InChI=1S/C3H10BNO/c1-3-4(2)5-6/h5-6H,3H2,1-2H3. The lowest BCUT2D eigenvalue weighted by molar-refractivity contribution is 0.241. The predicted molar refractivity (Wildman–Crippen MR) is 27.0 cm³/mol. The second-order valence-corrected chi connectivity index (χ2v) is 1.44. The van der Waals surface area contributed by atoms with Gasteiger partial charge in [-0.15, -0.1) is 0 Å². The van der Waals surface area contributed by atoms with Crippen molar-refractivity contribution in [3.8, 4) is 0 Å². The van der Waals surface area contributed by atoms with E-state index >= 15 is 0 Å². The molecule has 0 spiro atoms. The van der Waals surface area contributed by atoms with E-state index in [1.807, 2.05) is 13.7 Å². The Morgan fingerprint density at radius 3 is 2.33 bits per heavy atom. The third-order valence-corrected chi connectivity index (χ3v) is 0.833. The van der Waals surface area contributed by atoms with Crippen molar-refractivity contribution in [2.75, 3.05) is 0 Å². The Kier molecular flexibility index (Phi) is 3.18. The molecule has 0 saturated carbocycles. The largest absolute Gasteiger partial charge is 0.328 e. The van der Waals surface area contributed by atoms with Gasteiger partial charge in [0.1, 0.15) is 0 Å². The molecule has 0 aliphatic rings. The van der Waals surface area contributed by atoms with Crippen LogP contribution in [0.15, 0.2) is 0 Å². The van der Waals surface area contributed by atoms with E-state index in [1.54, 1.807) is 0 Å². The van der Waals surface area contributed by atoms with E-state index in [0.29, 0.717) is 0 Å². The number of hydrogen-bond acceptors (Lipinski definition) is 2. The predicted octanol–water partition coefficient (Wildman–Crippen LogP) is 0.606. The van der Waals surface area contributed by atoms with Gasteiger partial charge < -0.3 is 5.21 Å². The van der Waals surface area contributed by atoms with Gasteiger partial charge in [0, 0.05) is 0 Å². The Morgan fingerprint density at radius 1 is 1.83 bits per heavy atom. The molecule has 0 aromatic carbocycles. The summed E-state index contributed by atoms with van der Waals surface area (Å²) in [6.45, 7) is 4.17. The Balaban J connectivity index is 2.75. The molecule has 2 nitrogen and oxygen atoms in total. The zero-order chi connectivity index (χ0) is 4.99. The van der Waals surface area contributed by atoms with Gasteiger partial charge in [-0.25, -0.2) is 5.39 Å². The van der Waals surface area contributed by atoms with Crippen molar-refractivity contribution in [2.45, 2.75) is 20.1 Å². The van der Waals surface area contributed by atoms with Crippen molar-refractivity contribution in [1.29, 1.82) is 0 Å². The van der Waals surface area contributed by atoms with Crippen LogP contribution in [0.2, 0.25) is 13.1 Å². The zero-order valence-electron chi connectivity index (χ0n) is 4.23. The summed E-state index contributed by atoms with van der Waals surface area (Å²) in [7, 11) is 0. The first-order valence-electron chi connectivity index (χ1n) is 2.20. The van der Waals surface area contributed by atoms with Gasteiger partial charge in [-0.3, -0.25) is 0 Å². The fourth-order valence-electron chi connectivity index (χ4n) is 0.0913. The summed E-state index contributed by atoms with van der Waals surface area (Å²) in [5.41, 5.74) is 0. The van der Waals surface area contributed by atoms with Crippen LogP contribution in [0, 0.1) is 0 Å². The molecule has 0 fully saturated rings. The Hall–Kier alpha value is -0.0151. The maximum atomic E-state index is 8.08. The van der Waals surface area contributed by atoms with E-state index in [2.05, 4.69) is 5.39 Å². The maximum Gasteiger partial charge on any atom is 0.248 e. The molecular formula is C3H10BNO. The van der Waals surface area contributed by atoms with Crippen molar-refractivity contribution in [2.24, 2.45) is 0 Å². The van der Waals surface area contributed by atoms with E-state index < -0.39 is 0 Å². The molecule has 3 heteroatoms. The van der Waals surface area contributed by atoms with Crippen LogP contribution in [0.5, 0.6) is 0 Å². The Bertz CT molecular complexity index is 30.0. The molecular weight excluding hydrogens is 76.9 g/mol. The quantitative estimate of drug-likeness (QED) is 0.382. The van der Waals surface area contributed by atoms with Crippen LogP contribution < -0.4 is 5.39 Å². The van der Waals surface area contributed by atoms with E-state index in [9.17, 15) is 0 Å². The zero-order valence-corrected chi connectivity index (χ0v) is 4.23. The normalized spacial score (nSPS) is 8.50. The minimum absolute atomic E-state index is 0.241. The highest BCUT2D eigenvalue weighted by molar-refractivity contribution is 6.53. The van der Waals surface area contributed by atoms with Crippen LogP contribution in [-0.4, -0.2) is 12.1 Å². The maximum absolute atomic E-state index is 8.08. The molecule has 0 bridgehead atoms. The second-order valence-electron chi connectivity index (χ2n) is 1.44. The van der Waals surface area contributed by atoms with Gasteiger partial charge in [0.2, 0.25) is 6.85 Å². The highest BCUT2D eigenvalue weighted by Gasteiger charge is 1.96. The fourth-order valence-corrected chi connectivity index (χ4v) is 0.0913. The topological polar surface area (TPSA) is 32.3 Å². The van der Waals surface area contributed by atoms with Crippen molar-refractivity contribution >= 4 is 6.85 Å². The van der Waals surface area contributed by atoms with Crippen molar-refractivity contribution in [1.82, 2.24) is 5.39 Å². The second kappa shape index (κ2) is 3.19. The van der Waals surface area contributed by atoms with Crippen LogP contribution in [0.25, 0.3) is 0 Å². The summed E-state index contributed by atoms with van der Waals surface area (Å²) in [4.78, 5) is 0. The molecule has 0 heterocycles. The molecule has 0 atom stereocenters. The van der Waals surface area contributed by atoms with Gasteiger partial charge in [0.25, 0.3) is 0 Å². The van der Waals surface area contributed by atoms with Crippen LogP contribution in [0.1, 0.15) is 6.92 Å². The van der Waals surface area contributed by atoms with Crippen molar-refractivity contribution in [3.63, 3.8) is 0 Å². The molecule has 36 valence electrons. The summed E-state index contributed by atoms with van der Waals surface area (Å²) in [6.07, 6.45) is 0.969. The summed E-state index contributed by atoms with van der Waals surface area (Å²) >= 11 is 0. The first-order valence-corrected chi connectivity index (χ1v) is 2.20. The molecule has 0 saturated heterocycles. The summed E-state index contributed by atoms with van der Waals surface area (Å²) in [5, 5.41) is 10.2.